The molecule has 1 fully saturated rings. The molecule has 1 aromatic rings. The van der Waals surface area contributed by atoms with E-state index in [9.17, 15) is 0 Å². The second-order valence-electron chi connectivity index (χ2n) is 5.03. The fraction of sp³-hybridized carbons (Fsp3) is 0.600. The Hall–Kier alpha value is -0.610. The van der Waals surface area contributed by atoms with Crippen LogP contribution in [0.25, 0.3) is 0 Å². The van der Waals surface area contributed by atoms with Gasteiger partial charge in [-0.25, -0.2) is 0 Å². The fourth-order valence-corrected chi connectivity index (χ4v) is 2.82. The molecular weight excluding hydrogens is 260 g/mol. The zero-order valence-corrected chi connectivity index (χ0v) is 12.5. The molecule has 0 amide bonds. The van der Waals surface area contributed by atoms with Gasteiger partial charge in [-0.1, -0.05) is 30.7 Å². The minimum Gasteiger partial charge on any atom is -0.374 e. The van der Waals surface area contributed by atoms with Gasteiger partial charge in [0.1, 0.15) is 0 Å². The Labute approximate surface area is 120 Å². The van der Waals surface area contributed by atoms with Gasteiger partial charge in [-0.2, -0.15) is 0 Å². The largest absolute Gasteiger partial charge is 0.374 e. The molecule has 4 heteroatoms. The molecule has 1 N–H and O–H groups in total. The Morgan fingerprint density at radius 1 is 1.42 bits per heavy atom. The minimum atomic E-state index is 0.200. The molecule has 2 unspecified atom stereocenters. The third-order valence-corrected chi connectivity index (χ3v) is 3.88. The van der Waals surface area contributed by atoms with Gasteiger partial charge in [0, 0.05) is 18.1 Å². The van der Waals surface area contributed by atoms with Gasteiger partial charge in [0.25, 0.3) is 0 Å². The van der Waals surface area contributed by atoms with E-state index in [1.165, 1.54) is 12.0 Å². The van der Waals surface area contributed by atoms with Gasteiger partial charge in [0.2, 0.25) is 0 Å². The summed E-state index contributed by atoms with van der Waals surface area (Å²) in [5.74, 6) is 0. The van der Waals surface area contributed by atoms with Crippen LogP contribution in [-0.4, -0.2) is 44.3 Å². The highest BCUT2D eigenvalue weighted by atomic mass is 35.5. The molecule has 1 aliphatic rings. The molecule has 0 aromatic heterocycles. The number of hydrogen-bond acceptors (Lipinski definition) is 3. The van der Waals surface area contributed by atoms with E-state index in [0.29, 0.717) is 0 Å². The second kappa shape index (κ2) is 7.25. The Morgan fingerprint density at radius 2 is 2.16 bits per heavy atom. The SMILES string of the molecule is CCCN1CCOC(C(NC)c2ccc(Cl)cc2)C1. The van der Waals surface area contributed by atoms with Gasteiger partial charge in [-0.3, -0.25) is 4.90 Å². The van der Waals surface area contributed by atoms with Crippen LogP contribution in [0.1, 0.15) is 24.9 Å². The minimum absolute atomic E-state index is 0.200. The van der Waals surface area contributed by atoms with Crippen molar-refractivity contribution in [2.75, 3.05) is 33.3 Å². The van der Waals surface area contributed by atoms with Crippen LogP contribution in [0.5, 0.6) is 0 Å². The van der Waals surface area contributed by atoms with E-state index in [1.807, 2.05) is 19.2 Å². The second-order valence-corrected chi connectivity index (χ2v) is 5.46. The summed E-state index contributed by atoms with van der Waals surface area (Å²) in [5.41, 5.74) is 1.23. The van der Waals surface area contributed by atoms with E-state index >= 15 is 0 Å². The molecule has 1 heterocycles. The van der Waals surface area contributed by atoms with Crippen LogP contribution in [0, 0.1) is 0 Å². The molecule has 0 spiro atoms. The third-order valence-electron chi connectivity index (χ3n) is 3.63. The molecule has 1 aliphatic heterocycles. The third kappa shape index (κ3) is 3.93. The van der Waals surface area contributed by atoms with Crippen molar-refractivity contribution in [1.29, 1.82) is 0 Å². The quantitative estimate of drug-likeness (QED) is 0.899. The number of likely N-dealkylation sites (N-methyl/N-ethyl adjacent to an activating group) is 1. The van der Waals surface area contributed by atoms with Crippen molar-refractivity contribution in [3.8, 4) is 0 Å². The monoisotopic (exact) mass is 282 g/mol. The molecule has 1 aromatic carbocycles. The number of morpholine rings is 1. The summed E-state index contributed by atoms with van der Waals surface area (Å²) in [5, 5.41) is 4.15. The maximum Gasteiger partial charge on any atom is 0.0896 e. The Bertz CT molecular complexity index is 380. The van der Waals surface area contributed by atoms with E-state index < -0.39 is 0 Å². The van der Waals surface area contributed by atoms with E-state index in [4.69, 9.17) is 16.3 Å². The lowest BCUT2D eigenvalue weighted by Crippen LogP contribution is -2.47. The standard InChI is InChI=1S/C15H23ClN2O/c1-3-8-18-9-10-19-14(11-18)15(17-2)12-4-6-13(16)7-5-12/h4-7,14-15,17H,3,8-11H2,1-2H3. The topological polar surface area (TPSA) is 24.5 Å². The summed E-state index contributed by atoms with van der Waals surface area (Å²) in [4.78, 5) is 2.48. The number of ether oxygens (including phenoxy) is 1. The van der Waals surface area contributed by atoms with Crippen LogP contribution in [0.15, 0.2) is 24.3 Å². The lowest BCUT2D eigenvalue weighted by molar-refractivity contribution is -0.0459. The van der Waals surface area contributed by atoms with E-state index in [0.717, 1.165) is 31.3 Å². The lowest BCUT2D eigenvalue weighted by atomic mass is 10.00. The van der Waals surface area contributed by atoms with E-state index in [2.05, 4.69) is 29.3 Å². The van der Waals surface area contributed by atoms with Crippen molar-refractivity contribution >= 4 is 11.6 Å². The number of rotatable bonds is 5. The zero-order chi connectivity index (χ0) is 13.7. The number of hydrogen-bond donors (Lipinski definition) is 1. The van der Waals surface area contributed by atoms with Gasteiger partial charge in [-0.15, -0.1) is 0 Å². The highest BCUT2D eigenvalue weighted by molar-refractivity contribution is 6.30. The molecule has 106 valence electrons. The van der Waals surface area contributed by atoms with Crippen molar-refractivity contribution in [1.82, 2.24) is 10.2 Å². The zero-order valence-electron chi connectivity index (χ0n) is 11.7. The molecule has 19 heavy (non-hydrogen) atoms. The first-order chi connectivity index (χ1) is 9.24. The summed E-state index contributed by atoms with van der Waals surface area (Å²) >= 11 is 5.95. The average Bonchev–Trinajstić information content (AvgIpc) is 2.43. The maximum atomic E-state index is 5.96. The molecule has 0 aliphatic carbocycles. The normalized spacial score (nSPS) is 22.4. The van der Waals surface area contributed by atoms with Crippen LogP contribution in [-0.2, 0) is 4.74 Å². The molecule has 0 saturated carbocycles. The van der Waals surface area contributed by atoms with Crippen molar-refractivity contribution < 1.29 is 4.74 Å². The number of benzene rings is 1. The number of halogens is 1. The Morgan fingerprint density at radius 3 is 2.79 bits per heavy atom. The summed E-state index contributed by atoms with van der Waals surface area (Å²) in [6.07, 6.45) is 1.39. The van der Waals surface area contributed by atoms with Crippen molar-refractivity contribution in [3.05, 3.63) is 34.9 Å². The molecule has 2 atom stereocenters. The lowest BCUT2D eigenvalue weighted by Gasteiger charge is -2.37. The van der Waals surface area contributed by atoms with Crippen molar-refractivity contribution in [3.63, 3.8) is 0 Å². The average molecular weight is 283 g/mol. The predicted octanol–water partition coefficient (Wildman–Crippen LogP) is 2.71. The van der Waals surface area contributed by atoms with Gasteiger partial charge >= 0.3 is 0 Å². The van der Waals surface area contributed by atoms with E-state index in [1.54, 1.807) is 0 Å². The smallest absolute Gasteiger partial charge is 0.0896 e. The summed E-state index contributed by atoms with van der Waals surface area (Å²) in [7, 11) is 1.99. The maximum absolute atomic E-state index is 5.96. The van der Waals surface area contributed by atoms with Crippen LogP contribution < -0.4 is 5.32 Å². The molecule has 0 bridgehead atoms. The van der Waals surface area contributed by atoms with E-state index in [-0.39, 0.29) is 12.1 Å². The number of nitrogens with zero attached hydrogens (tertiary/aromatic N) is 1. The van der Waals surface area contributed by atoms with Crippen LogP contribution >= 0.6 is 11.6 Å². The van der Waals surface area contributed by atoms with Crippen LogP contribution in [0.3, 0.4) is 0 Å². The number of nitrogens with one attached hydrogen (secondary N) is 1. The first-order valence-corrected chi connectivity index (χ1v) is 7.39. The van der Waals surface area contributed by atoms with Gasteiger partial charge in [-0.05, 0) is 37.7 Å². The molecule has 3 nitrogen and oxygen atoms in total. The molecule has 2 rings (SSSR count). The van der Waals surface area contributed by atoms with Gasteiger partial charge in [0.15, 0.2) is 0 Å². The molecule has 0 radical (unpaired) electrons. The van der Waals surface area contributed by atoms with Crippen LogP contribution in [0.4, 0.5) is 0 Å². The molecular formula is C15H23ClN2O. The first kappa shape index (κ1) is 14.8. The molecule has 1 saturated heterocycles. The highest BCUT2D eigenvalue weighted by Gasteiger charge is 2.27. The van der Waals surface area contributed by atoms with Gasteiger partial charge in [0.05, 0.1) is 18.8 Å². The predicted molar refractivity (Wildman–Crippen MR) is 79.7 cm³/mol. The summed E-state index contributed by atoms with van der Waals surface area (Å²) in [6.45, 7) is 6.22. The van der Waals surface area contributed by atoms with Crippen LogP contribution in [0.2, 0.25) is 5.02 Å². The van der Waals surface area contributed by atoms with Crippen molar-refractivity contribution in [2.24, 2.45) is 0 Å². The highest BCUT2D eigenvalue weighted by Crippen LogP contribution is 2.23. The summed E-state index contributed by atoms with van der Waals surface area (Å²) < 4.78 is 5.96. The Balaban J connectivity index is 2.06. The van der Waals surface area contributed by atoms with Crippen molar-refractivity contribution in [2.45, 2.75) is 25.5 Å². The Kier molecular flexibility index (Phi) is 5.64. The van der Waals surface area contributed by atoms with Gasteiger partial charge < -0.3 is 10.1 Å². The summed E-state index contributed by atoms with van der Waals surface area (Å²) in [6, 6.07) is 8.25. The first-order valence-electron chi connectivity index (χ1n) is 7.01. The fourth-order valence-electron chi connectivity index (χ4n) is 2.69.